The molecule has 0 aliphatic carbocycles. The van der Waals surface area contributed by atoms with Gasteiger partial charge in [-0.2, -0.15) is 0 Å². The number of benzene rings is 2. The minimum atomic E-state index is -0.509. The fraction of sp³-hybridized carbons (Fsp3) is 0.400. The van der Waals surface area contributed by atoms with Gasteiger partial charge in [-0.25, -0.2) is 4.79 Å². The molecule has 4 unspecified atom stereocenters. The van der Waals surface area contributed by atoms with Gasteiger partial charge in [-0.3, -0.25) is 9.59 Å². The number of amides is 1. The summed E-state index contributed by atoms with van der Waals surface area (Å²) in [6.45, 7) is 3.84. The number of anilines is 1. The van der Waals surface area contributed by atoms with Crippen LogP contribution in [0.3, 0.4) is 0 Å². The molecular formula is C25H27BrN2O5. The van der Waals surface area contributed by atoms with Crippen LogP contribution in [0, 0.1) is 5.92 Å². The molecule has 2 aromatic rings. The first-order chi connectivity index (χ1) is 15.8. The number of fused-ring (bicyclic) bond motifs is 1. The van der Waals surface area contributed by atoms with Crippen molar-refractivity contribution in [3.05, 3.63) is 64.1 Å². The van der Waals surface area contributed by atoms with Gasteiger partial charge in [-0.05, 0) is 36.2 Å². The molecule has 0 spiro atoms. The van der Waals surface area contributed by atoms with Gasteiger partial charge in [-0.15, -0.1) is 0 Å². The van der Waals surface area contributed by atoms with Crippen LogP contribution in [0.4, 0.5) is 10.5 Å². The SMILES string of the molecule is CC(=O)OC1CC(C(C(C)=O)C2CNc3ccc(Br)cc32)N(C(=O)OCc2ccccc2)C1. The summed E-state index contributed by atoms with van der Waals surface area (Å²) >= 11 is 3.52. The van der Waals surface area contributed by atoms with Crippen LogP contribution in [0.15, 0.2) is 53.0 Å². The average Bonchev–Trinajstić information content (AvgIpc) is 3.37. The lowest BCUT2D eigenvalue weighted by atomic mass is 9.79. The standard InChI is InChI=1S/C25H27BrN2O5/c1-15(29)24(21-12-27-22-9-8-18(26)10-20(21)22)23-11-19(33-16(2)30)13-28(23)25(31)32-14-17-6-4-3-5-7-17/h3-10,19,21,23-24,27H,11-14H2,1-2H3. The Kier molecular flexibility index (Phi) is 7.02. The first kappa shape index (κ1) is 23.3. The molecule has 1 saturated heterocycles. The summed E-state index contributed by atoms with van der Waals surface area (Å²) in [5.41, 5.74) is 2.90. The maximum atomic E-state index is 13.1. The molecule has 2 heterocycles. The van der Waals surface area contributed by atoms with E-state index in [1.165, 1.54) is 6.92 Å². The molecule has 2 aliphatic rings. The third kappa shape index (κ3) is 5.21. The van der Waals surface area contributed by atoms with E-state index in [4.69, 9.17) is 9.47 Å². The van der Waals surface area contributed by atoms with Crippen LogP contribution in [0.1, 0.15) is 37.3 Å². The minimum absolute atomic E-state index is 0.0102. The molecule has 4 atom stereocenters. The van der Waals surface area contributed by atoms with Crippen molar-refractivity contribution in [3.8, 4) is 0 Å². The summed E-state index contributed by atoms with van der Waals surface area (Å²) in [7, 11) is 0. The maximum absolute atomic E-state index is 13.1. The van der Waals surface area contributed by atoms with Crippen molar-refractivity contribution in [2.75, 3.05) is 18.4 Å². The lowest BCUT2D eigenvalue weighted by molar-refractivity contribution is -0.145. The van der Waals surface area contributed by atoms with E-state index in [1.807, 2.05) is 48.5 Å². The third-order valence-corrected chi connectivity index (χ3v) is 6.81. The molecule has 1 amide bonds. The number of carbonyl (C=O) groups is 3. The maximum Gasteiger partial charge on any atom is 0.410 e. The summed E-state index contributed by atoms with van der Waals surface area (Å²) in [5.74, 6) is -0.989. The van der Waals surface area contributed by atoms with Crippen LogP contribution >= 0.6 is 15.9 Å². The van der Waals surface area contributed by atoms with Gasteiger partial charge in [0.15, 0.2) is 0 Å². The molecule has 174 valence electrons. The molecule has 0 radical (unpaired) electrons. The Morgan fingerprint density at radius 1 is 1.15 bits per heavy atom. The van der Waals surface area contributed by atoms with Crippen LogP contribution in [0.25, 0.3) is 0 Å². The summed E-state index contributed by atoms with van der Waals surface area (Å²) < 4.78 is 12.0. The van der Waals surface area contributed by atoms with Crippen LogP contribution in [-0.4, -0.2) is 48.0 Å². The Morgan fingerprint density at radius 3 is 2.61 bits per heavy atom. The van der Waals surface area contributed by atoms with Gasteiger partial charge in [0.2, 0.25) is 0 Å². The number of nitrogens with zero attached hydrogens (tertiary/aromatic N) is 1. The number of ketones is 1. The zero-order chi connectivity index (χ0) is 23.5. The number of rotatable bonds is 6. The number of Topliss-reactive ketones (excluding diaryl/α,β-unsaturated/α-hetero) is 1. The van der Waals surface area contributed by atoms with Crippen molar-refractivity contribution in [1.82, 2.24) is 4.90 Å². The largest absolute Gasteiger partial charge is 0.461 e. The van der Waals surface area contributed by atoms with E-state index in [0.29, 0.717) is 13.0 Å². The van der Waals surface area contributed by atoms with Gasteiger partial charge in [0.1, 0.15) is 18.5 Å². The smallest absolute Gasteiger partial charge is 0.410 e. The molecular weight excluding hydrogens is 488 g/mol. The topological polar surface area (TPSA) is 84.9 Å². The minimum Gasteiger partial charge on any atom is -0.461 e. The van der Waals surface area contributed by atoms with Crippen molar-refractivity contribution < 1.29 is 23.9 Å². The van der Waals surface area contributed by atoms with Gasteiger partial charge in [0.25, 0.3) is 0 Å². The fourth-order valence-corrected chi connectivity index (χ4v) is 5.35. The van der Waals surface area contributed by atoms with Crippen LogP contribution in [0.5, 0.6) is 0 Å². The van der Waals surface area contributed by atoms with Gasteiger partial charge in [0.05, 0.1) is 6.54 Å². The number of hydrogen-bond acceptors (Lipinski definition) is 6. The van der Waals surface area contributed by atoms with E-state index >= 15 is 0 Å². The normalized spacial score (nSPS) is 22.3. The molecule has 2 aromatic carbocycles. The number of nitrogens with one attached hydrogen (secondary N) is 1. The molecule has 0 bridgehead atoms. The Morgan fingerprint density at radius 2 is 1.91 bits per heavy atom. The highest BCUT2D eigenvalue weighted by atomic mass is 79.9. The number of hydrogen-bond donors (Lipinski definition) is 1. The zero-order valence-electron chi connectivity index (χ0n) is 18.6. The van der Waals surface area contributed by atoms with Crippen molar-refractivity contribution >= 4 is 39.5 Å². The third-order valence-electron chi connectivity index (χ3n) is 6.32. The summed E-state index contributed by atoms with van der Waals surface area (Å²) in [4.78, 5) is 39.3. The van der Waals surface area contributed by atoms with Gasteiger partial charge in [-0.1, -0.05) is 46.3 Å². The number of esters is 1. The molecule has 1 fully saturated rings. The molecule has 0 aromatic heterocycles. The predicted molar refractivity (Wildman–Crippen MR) is 127 cm³/mol. The molecule has 4 rings (SSSR count). The number of halogens is 1. The van der Waals surface area contributed by atoms with E-state index in [-0.39, 0.29) is 24.9 Å². The summed E-state index contributed by atoms with van der Waals surface area (Å²) in [6, 6.07) is 14.9. The van der Waals surface area contributed by atoms with Crippen LogP contribution < -0.4 is 5.32 Å². The summed E-state index contributed by atoms with van der Waals surface area (Å²) in [6.07, 6.45) is -0.593. The number of ether oxygens (including phenoxy) is 2. The van der Waals surface area contributed by atoms with E-state index in [9.17, 15) is 14.4 Å². The second kappa shape index (κ2) is 9.95. The van der Waals surface area contributed by atoms with Crippen molar-refractivity contribution in [2.45, 2.75) is 44.9 Å². The highest BCUT2D eigenvalue weighted by Crippen LogP contribution is 2.43. The van der Waals surface area contributed by atoms with Crippen molar-refractivity contribution in [1.29, 1.82) is 0 Å². The highest BCUT2D eigenvalue weighted by Gasteiger charge is 2.47. The Hall–Kier alpha value is -2.87. The first-order valence-corrected chi connectivity index (χ1v) is 11.8. The number of likely N-dealkylation sites (tertiary alicyclic amines) is 1. The van der Waals surface area contributed by atoms with Crippen LogP contribution in [-0.2, 0) is 25.7 Å². The second-order valence-electron chi connectivity index (χ2n) is 8.58. The molecule has 7 nitrogen and oxygen atoms in total. The molecule has 1 N–H and O–H groups in total. The summed E-state index contributed by atoms with van der Waals surface area (Å²) in [5, 5.41) is 3.38. The molecule has 2 aliphatic heterocycles. The zero-order valence-corrected chi connectivity index (χ0v) is 20.2. The van der Waals surface area contributed by atoms with Gasteiger partial charge in [0, 0.05) is 47.9 Å². The monoisotopic (exact) mass is 514 g/mol. The van der Waals surface area contributed by atoms with E-state index in [0.717, 1.165) is 21.3 Å². The lowest BCUT2D eigenvalue weighted by Crippen LogP contribution is -2.45. The fourth-order valence-electron chi connectivity index (χ4n) is 4.97. The molecule has 0 saturated carbocycles. The van der Waals surface area contributed by atoms with Crippen LogP contribution in [0.2, 0.25) is 0 Å². The number of carbonyl (C=O) groups excluding carboxylic acids is 3. The van der Waals surface area contributed by atoms with E-state index < -0.39 is 30.1 Å². The second-order valence-corrected chi connectivity index (χ2v) is 9.50. The van der Waals surface area contributed by atoms with Crippen molar-refractivity contribution in [3.63, 3.8) is 0 Å². The quantitative estimate of drug-likeness (QED) is 0.571. The Labute approximate surface area is 201 Å². The molecule has 8 heteroatoms. The lowest BCUT2D eigenvalue weighted by Gasteiger charge is -2.33. The van der Waals surface area contributed by atoms with Gasteiger partial charge >= 0.3 is 12.1 Å². The van der Waals surface area contributed by atoms with E-state index in [2.05, 4.69) is 21.2 Å². The molecule has 33 heavy (non-hydrogen) atoms. The predicted octanol–water partition coefficient (Wildman–Crippen LogP) is 4.51. The average molecular weight is 515 g/mol. The van der Waals surface area contributed by atoms with Gasteiger partial charge < -0.3 is 19.7 Å². The Balaban J connectivity index is 1.59. The Bertz CT molecular complexity index is 1040. The van der Waals surface area contributed by atoms with Crippen molar-refractivity contribution in [2.24, 2.45) is 5.92 Å². The first-order valence-electron chi connectivity index (χ1n) is 11.0. The highest BCUT2D eigenvalue weighted by molar-refractivity contribution is 9.10. The van der Waals surface area contributed by atoms with E-state index in [1.54, 1.807) is 11.8 Å².